The first-order valence-corrected chi connectivity index (χ1v) is 5.58. The fourth-order valence-electron chi connectivity index (χ4n) is 1.60. The Kier molecular flexibility index (Phi) is 2.69. The zero-order valence-electron chi connectivity index (χ0n) is 7.48. The van der Waals surface area contributed by atoms with Crippen molar-refractivity contribution in [2.75, 3.05) is 18.5 Å². The first kappa shape index (κ1) is 9.21. The van der Waals surface area contributed by atoms with Gasteiger partial charge in [-0.15, -0.1) is 11.6 Å². The molecule has 5 heteroatoms. The Morgan fingerprint density at radius 3 is 3.00 bits per heavy atom. The maximum Gasteiger partial charge on any atom is 0.204 e. The molecule has 1 aliphatic rings. The minimum atomic E-state index is 0.410. The van der Waals surface area contributed by atoms with Crippen molar-refractivity contribution in [2.45, 2.75) is 18.2 Å². The third-order valence-corrected chi connectivity index (χ3v) is 3.52. The first-order chi connectivity index (χ1) is 6.25. The maximum atomic E-state index is 5.91. The van der Waals surface area contributed by atoms with Crippen LogP contribution in [0.1, 0.15) is 12.8 Å². The van der Waals surface area contributed by atoms with E-state index in [0.29, 0.717) is 5.38 Å². The number of aromatic nitrogens is 2. The molecule has 0 aromatic carbocycles. The summed E-state index contributed by atoms with van der Waals surface area (Å²) in [5.41, 5.74) is 0. The molecule has 2 rings (SSSR count). The van der Waals surface area contributed by atoms with Crippen LogP contribution in [0, 0.1) is 5.92 Å². The van der Waals surface area contributed by atoms with Crippen molar-refractivity contribution in [3.8, 4) is 0 Å². The van der Waals surface area contributed by atoms with Gasteiger partial charge in [-0.25, -0.2) is 4.98 Å². The van der Waals surface area contributed by atoms with Crippen LogP contribution in [0.3, 0.4) is 0 Å². The highest BCUT2D eigenvalue weighted by atomic mass is 35.5. The topological polar surface area (TPSA) is 29.0 Å². The van der Waals surface area contributed by atoms with Crippen molar-refractivity contribution in [1.29, 1.82) is 0 Å². The van der Waals surface area contributed by atoms with Crippen LogP contribution in [-0.2, 0) is 0 Å². The molecule has 3 nitrogen and oxygen atoms in total. The van der Waals surface area contributed by atoms with Gasteiger partial charge in [0.1, 0.15) is 6.33 Å². The van der Waals surface area contributed by atoms with Crippen LogP contribution in [0.5, 0.6) is 0 Å². The number of alkyl halides is 1. The molecule has 0 atom stereocenters. The smallest absolute Gasteiger partial charge is 0.204 e. The van der Waals surface area contributed by atoms with E-state index in [1.807, 2.05) is 0 Å². The van der Waals surface area contributed by atoms with Gasteiger partial charge in [-0.3, -0.25) is 0 Å². The van der Waals surface area contributed by atoms with Crippen LogP contribution in [0.4, 0.5) is 5.13 Å². The number of rotatable bonds is 3. The molecule has 0 aliphatic heterocycles. The van der Waals surface area contributed by atoms with Crippen molar-refractivity contribution in [3.05, 3.63) is 6.33 Å². The Hall–Kier alpha value is -0.350. The molecule has 1 saturated carbocycles. The lowest BCUT2D eigenvalue weighted by Gasteiger charge is -2.33. The number of hydrogen-bond donors (Lipinski definition) is 0. The molecule has 0 bridgehead atoms. The average molecular weight is 218 g/mol. The van der Waals surface area contributed by atoms with Crippen LogP contribution >= 0.6 is 23.1 Å². The van der Waals surface area contributed by atoms with Crippen LogP contribution in [0.15, 0.2) is 6.33 Å². The SMILES string of the molecule is CN(CC1CC(Cl)C1)c1ncns1. The number of nitrogens with zero attached hydrogens (tertiary/aromatic N) is 3. The standard InChI is InChI=1S/C8H12ClN3S/c1-12(8-10-5-11-13-8)4-6-2-7(9)3-6/h5-7H,2-4H2,1H3. The molecule has 0 radical (unpaired) electrons. The van der Waals surface area contributed by atoms with Crippen molar-refractivity contribution < 1.29 is 0 Å². The van der Waals surface area contributed by atoms with Gasteiger partial charge in [0.25, 0.3) is 0 Å². The molecule has 0 spiro atoms. The van der Waals surface area contributed by atoms with E-state index in [1.165, 1.54) is 11.5 Å². The molecule has 1 aromatic rings. The van der Waals surface area contributed by atoms with Gasteiger partial charge in [-0.2, -0.15) is 4.37 Å². The molecule has 13 heavy (non-hydrogen) atoms. The molecule has 72 valence electrons. The van der Waals surface area contributed by atoms with Gasteiger partial charge in [-0.05, 0) is 18.8 Å². The summed E-state index contributed by atoms with van der Waals surface area (Å²) < 4.78 is 3.97. The van der Waals surface area contributed by atoms with Crippen LogP contribution in [0.2, 0.25) is 0 Å². The summed E-state index contributed by atoms with van der Waals surface area (Å²) in [7, 11) is 2.06. The highest BCUT2D eigenvalue weighted by molar-refractivity contribution is 7.09. The zero-order chi connectivity index (χ0) is 9.26. The summed E-state index contributed by atoms with van der Waals surface area (Å²) in [5.74, 6) is 0.747. The van der Waals surface area contributed by atoms with Crippen molar-refractivity contribution in [1.82, 2.24) is 9.36 Å². The zero-order valence-corrected chi connectivity index (χ0v) is 9.05. The van der Waals surface area contributed by atoms with Gasteiger partial charge in [-0.1, -0.05) is 0 Å². The van der Waals surface area contributed by atoms with Gasteiger partial charge < -0.3 is 4.90 Å². The fraction of sp³-hybridized carbons (Fsp3) is 0.750. The van der Waals surface area contributed by atoms with Crippen molar-refractivity contribution in [3.63, 3.8) is 0 Å². The highest BCUT2D eigenvalue weighted by Gasteiger charge is 2.28. The Morgan fingerprint density at radius 2 is 2.46 bits per heavy atom. The second-order valence-corrected chi connectivity index (χ2v) is 4.91. The van der Waals surface area contributed by atoms with E-state index < -0.39 is 0 Å². The van der Waals surface area contributed by atoms with Gasteiger partial charge in [0.05, 0.1) is 0 Å². The summed E-state index contributed by atoms with van der Waals surface area (Å²) in [4.78, 5) is 6.30. The van der Waals surface area contributed by atoms with Gasteiger partial charge in [0.2, 0.25) is 5.13 Å². The molecule has 0 amide bonds. The quantitative estimate of drug-likeness (QED) is 0.726. The van der Waals surface area contributed by atoms with Crippen molar-refractivity contribution >= 4 is 28.3 Å². The number of halogens is 1. The van der Waals surface area contributed by atoms with Crippen LogP contribution < -0.4 is 4.90 Å². The fourth-order valence-corrected chi connectivity index (χ4v) is 2.61. The molecule has 0 saturated heterocycles. The van der Waals surface area contributed by atoms with E-state index in [2.05, 4.69) is 21.3 Å². The Bertz CT molecular complexity index is 258. The molecule has 0 unspecified atom stereocenters. The summed E-state index contributed by atoms with van der Waals surface area (Å²) >= 11 is 7.35. The van der Waals surface area contributed by atoms with E-state index in [1.54, 1.807) is 6.33 Å². The minimum absolute atomic E-state index is 0.410. The molecule has 1 aliphatic carbocycles. The molecular weight excluding hydrogens is 206 g/mol. The average Bonchev–Trinajstić information content (AvgIpc) is 2.53. The van der Waals surface area contributed by atoms with Gasteiger partial charge in [0, 0.05) is 30.5 Å². The summed E-state index contributed by atoms with van der Waals surface area (Å²) in [5, 5.41) is 1.41. The van der Waals surface area contributed by atoms with E-state index in [4.69, 9.17) is 11.6 Å². The second-order valence-electron chi connectivity index (χ2n) is 3.54. The number of anilines is 1. The normalized spacial score (nSPS) is 26.9. The lowest BCUT2D eigenvalue weighted by Crippen LogP contribution is -2.34. The summed E-state index contributed by atoms with van der Waals surface area (Å²) in [6.07, 6.45) is 3.89. The van der Waals surface area contributed by atoms with Gasteiger partial charge >= 0.3 is 0 Å². The molecule has 1 aromatic heterocycles. The summed E-state index contributed by atoms with van der Waals surface area (Å²) in [6, 6.07) is 0. The highest BCUT2D eigenvalue weighted by Crippen LogP contribution is 2.33. The van der Waals surface area contributed by atoms with Gasteiger partial charge in [0.15, 0.2) is 0 Å². The van der Waals surface area contributed by atoms with E-state index in [0.717, 1.165) is 30.4 Å². The molecule has 1 fully saturated rings. The van der Waals surface area contributed by atoms with E-state index in [-0.39, 0.29) is 0 Å². The second kappa shape index (κ2) is 3.80. The largest absolute Gasteiger partial charge is 0.350 e. The minimum Gasteiger partial charge on any atom is -0.350 e. The van der Waals surface area contributed by atoms with Crippen molar-refractivity contribution in [2.24, 2.45) is 5.92 Å². The maximum absolute atomic E-state index is 5.91. The Balaban J connectivity index is 1.82. The third kappa shape index (κ3) is 2.11. The predicted octanol–water partition coefficient (Wildman–Crippen LogP) is 1.99. The lowest BCUT2D eigenvalue weighted by molar-refractivity contribution is 0.329. The van der Waals surface area contributed by atoms with Crippen LogP contribution in [-0.4, -0.2) is 28.3 Å². The lowest BCUT2D eigenvalue weighted by atomic mass is 9.84. The molecule has 0 N–H and O–H groups in total. The first-order valence-electron chi connectivity index (χ1n) is 4.37. The third-order valence-electron chi connectivity index (χ3n) is 2.39. The predicted molar refractivity (Wildman–Crippen MR) is 55.5 cm³/mol. The Morgan fingerprint density at radius 1 is 1.69 bits per heavy atom. The van der Waals surface area contributed by atoms with Crippen LogP contribution in [0.25, 0.3) is 0 Å². The number of hydrogen-bond acceptors (Lipinski definition) is 4. The Labute approximate surface area is 86.9 Å². The van der Waals surface area contributed by atoms with E-state index in [9.17, 15) is 0 Å². The van der Waals surface area contributed by atoms with E-state index >= 15 is 0 Å². The summed E-state index contributed by atoms with van der Waals surface area (Å²) in [6.45, 7) is 1.05. The molecule has 1 heterocycles. The monoisotopic (exact) mass is 217 g/mol. The molecular formula is C8H12ClN3S.